The summed E-state index contributed by atoms with van der Waals surface area (Å²) >= 11 is 0. The predicted octanol–water partition coefficient (Wildman–Crippen LogP) is 0.538. The predicted molar refractivity (Wildman–Crippen MR) is 159 cm³/mol. The smallest absolute Gasteiger partial charge is 0.243 e. The van der Waals surface area contributed by atoms with Gasteiger partial charge in [0.15, 0.2) is 0 Å². The third-order valence-electron chi connectivity index (χ3n) is 6.30. The van der Waals surface area contributed by atoms with Gasteiger partial charge in [-0.3, -0.25) is 14.4 Å². The Hall–Kier alpha value is -3.51. The number of carbonyl (C=O) groups is 3. The second-order valence-corrected chi connectivity index (χ2v) is 9.25. The zero-order valence-corrected chi connectivity index (χ0v) is 20.7. The molecule has 0 saturated carbocycles. The zero-order valence-electron chi connectivity index (χ0n) is 20.7. The second kappa shape index (κ2) is 17.2. The lowest BCUT2D eigenvalue weighted by Crippen LogP contribution is -2.57. The maximum absolute atomic E-state index is 13.3. The Balaban J connectivity index is 0.00000507. The Bertz CT molecular complexity index is 1110. The van der Waals surface area contributed by atoms with Crippen molar-refractivity contribution in [3.8, 4) is 16.9 Å². The molecule has 1 aliphatic heterocycles. The molecule has 0 aliphatic carbocycles. The monoisotopic (exact) mass is 560 g/mol. The number of fused-ring (bicyclic) bond motifs is 5. The van der Waals surface area contributed by atoms with Crippen LogP contribution in [0, 0.1) is 0 Å². The lowest BCUT2D eigenvalue weighted by Gasteiger charge is -2.24. The summed E-state index contributed by atoms with van der Waals surface area (Å²) < 4.78 is 0. The van der Waals surface area contributed by atoms with Crippen LogP contribution in [0.5, 0.6) is 5.75 Å². The summed E-state index contributed by atoms with van der Waals surface area (Å²) in [6, 6.07) is 9.56. The second-order valence-electron chi connectivity index (χ2n) is 9.25. The molecule has 224 valence electrons. The SMILES string of the molecule is C.C.C.NCCC[C@@H]1NC(=O)[C@@H](N)Cc2cc(ccc2O)-c2cccc(c2)C[C@@H](C(=O)NCC(O)CN)NC1=O. The Labute approximate surface area is 237 Å². The summed E-state index contributed by atoms with van der Waals surface area (Å²) in [7, 11) is 0. The van der Waals surface area contributed by atoms with Crippen LogP contribution in [-0.2, 0) is 27.2 Å². The number of nitrogens with two attached hydrogens (primary N) is 3. The van der Waals surface area contributed by atoms with Gasteiger partial charge in [0.1, 0.15) is 17.8 Å². The van der Waals surface area contributed by atoms with Crippen molar-refractivity contribution in [1.29, 1.82) is 0 Å². The van der Waals surface area contributed by atoms with E-state index in [9.17, 15) is 24.6 Å². The molecule has 4 bridgehead atoms. The summed E-state index contributed by atoms with van der Waals surface area (Å²) in [5.41, 5.74) is 20.1. The molecule has 1 unspecified atom stereocenters. The highest BCUT2D eigenvalue weighted by molar-refractivity contribution is 5.93. The van der Waals surface area contributed by atoms with E-state index in [1.807, 2.05) is 24.3 Å². The van der Waals surface area contributed by atoms with Gasteiger partial charge >= 0.3 is 0 Å². The normalized spacial score (nSPS) is 19.6. The average Bonchev–Trinajstić information content (AvgIpc) is 2.89. The minimum absolute atomic E-state index is 0. The van der Waals surface area contributed by atoms with Gasteiger partial charge in [0.05, 0.1) is 12.1 Å². The van der Waals surface area contributed by atoms with E-state index < -0.39 is 42.0 Å². The summed E-state index contributed by atoms with van der Waals surface area (Å²) in [6.07, 6.45) is -0.00110. The highest BCUT2D eigenvalue weighted by Crippen LogP contribution is 2.28. The van der Waals surface area contributed by atoms with E-state index in [-0.39, 0.29) is 60.4 Å². The Morgan fingerprint density at radius 3 is 2.38 bits per heavy atom. The molecular weight excluding hydrogens is 512 g/mol. The van der Waals surface area contributed by atoms with Crippen LogP contribution in [0.3, 0.4) is 0 Å². The van der Waals surface area contributed by atoms with E-state index in [1.165, 1.54) is 0 Å². The number of benzene rings is 2. The first-order valence-corrected chi connectivity index (χ1v) is 12.3. The van der Waals surface area contributed by atoms with E-state index in [1.54, 1.807) is 18.2 Å². The first-order chi connectivity index (χ1) is 17.7. The number of hydrogen-bond acceptors (Lipinski definition) is 8. The van der Waals surface area contributed by atoms with Crippen LogP contribution in [-0.4, -0.2) is 71.8 Å². The zero-order chi connectivity index (χ0) is 26.9. The molecule has 40 heavy (non-hydrogen) atoms. The van der Waals surface area contributed by atoms with Crippen LogP contribution >= 0.6 is 0 Å². The summed E-state index contributed by atoms with van der Waals surface area (Å²) in [6.45, 7) is 0.210. The van der Waals surface area contributed by atoms with Gasteiger partial charge < -0.3 is 43.4 Å². The van der Waals surface area contributed by atoms with Crippen LogP contribution in [0.4, 0.5) is 0 Å². The highest BCUT2D eigenvalue weighted by atomic mass is 16.3. The first-order valence-electron chi connectivity index (χ1n) is 12.3. The number of rotatable bonds is 7. The molecule has 1 aliphatic rings. The number of aliphatic hydroxyl groups excluding tert-OH is 1. The molecule has 3 rings (SSSR count). The standard InChI is InChI=1S/C26H36N6O5.3CH4/c27-8-2-5-21-26(37)32-22(25(36)30-14-19(33)13-28)10-15-3-1-4-16(9-15)17-6-7-23(34)18(11-17)12-20(29)24(35)31-21;;;/h1,3-4,6-7,9,11,19-22,33-34H,2,5,8,10,12-14,27-29H2,(H,30,36)(H,31,35)(H,32,37);3*1H4/t19?,20-,21-,22-;;;/m0.../s1. The van der Waals surface area contributed by atoms with Crippen molar-refractivity contribution >= 4 is 17.7 Å². The number of phenolic OH excluding ortho intramolecular Hbond substituents is 1. The summed E-state index contributed by atoms with van der Waals surface area (Å²) in [5.74, 6) is -1.60. The lowest BCUT2D eigenvalue weighted by atomic mass is 9.96. The maximum Gasteiger partial charge on any atom is 0.243 e. The number of nitrogens with one attached hydrogen (secondary N) is 3. The number of phenols is 1. The van der Waals surface area contributed by atoms with Crippen molar-refractivity contribution in [2.75, 3.05) is 19.6 Å². The van der Waals surface area contributed by atoms with Gasteiger partial charge in [-0.15, -0.1) is 0 Å². The summed E-state index contributed by atoms with van der Waals surface area (Å²) in [4.78, 5) is 39.2. The fraction of sp³-hybridized carbons (Fsp3) is 0.483. The molecule has 4 atom stereocenters. The van der Waals surface area contributed by atoms with Crippen LogP contribution in [0.15, 0.2) is 42.5 Å². The molecule has 2 aromatic rings. The molecule has 11 nitrogen and oxygen atoms in total. The maximum atomic E-state index is 13.3. The van der Waals surface area contributed by atoms with Crippen molar-refractivity contribution in [2.24, 2.45) is 17.2 Å². The molecule has 2 aromatic carbocycles. The first kappa shape index (κ1) is 36.5. The molecule has 3 amide bonds. The van der Waals surface area contributed by atoms with Crippen molar-refractivity contribution < 1.29 is 24.6 Å². The molecule has 11 N–H and O–H groups in total. The van der Waals surface area contributed by atoms with Crippen LogP contribution < -0.4 is 33.2 Å². The summed E-state index contributed by atoms with van der Waals surface area (Å²) in [5, 5.41) is 28.2. The van der Waals surface area contributed by atoms with Crippen molar-refractivity contribution in [3.05, 3.63) is 53.6 Å². The van der Waals surface area contributed by atoms with Gasteiger partial charge in [0.2, 0.25) is 17.7 Å². The molecular formula is C29H48N6O5. The average molecular weight is 561 g/mol. The molecule has 0 fully saturated rings. The quantitative estimate of drug-likeness (QED) is 0.239. The molecule has 0 aromatic heterocycles. The third-order valence-corrected chi connectivity index (χ3v) is 6.30. The fourth-order valence-electron chi connectivity index (χ4n) is 4.15. The van der Waals surface area contributed by atoms with Crippen molar-refractivity contribution in [3.63, 3.8) is 0 Å². The largest absolute Gasteiger partial charge is 0.508 e. The number of carbonyl (C=O) groups excluding carboxylic acids is 3. The number of aromatic hydroxyl groups is 1. The molecule has 0 saturated heterocycles. The van der Waals surface area contributed by atoms with Gasteiger partial charge in [0, 0.05) is 25.9 Å². The number of hydrogen-bond donors (Lipinski definition) is 8. The topological polar surface area (TPSA) is 206 Å². The minimum Gasteiger partial charge on any atom is -0.508 e. The lowest BCUT2D eigenvalue weighted by molar-refractivity contribution is -0.132. The van der Waals surface area contributed by atoms with Gasteiger partial charge in [-0.2, -0.15) is 0 Å². The van der Waals surface area contributed by atoms with E-state index in [0.29, 0.717) is 18.5 Å². The van der Waals surface area contributed by atoms with Crippen LogP contribution in [0.25, 0.3) is 11.1 Å². The van der Waals surface area contributed by atoms with Crippen molar-refractivity contribution in [2.45, 2.75) is 72.2 Å². The molecule has 11 heteroatoms. The minimum atomic E-state index is -1.03. The third kappa shape index (κ3) is 9.91. The Morgan fingerprint density at radius 1 is 1.00 bits per heavy atom. The number of amides is 3. The molecule has 1 heterocycles. The van der Waals surface area contributed by atoms with Crippen LogP contribution in [0.2, 0.25) is 0 Å². The van der Waals surface area contributed by atoms with E-state index in [2.05, 4.69) is 16.0 Å². The van der Waals surface area contributed by atoms with Gasteiger partial charge in [-0.1, -0.05) is 52.6 Å². The fourth-order valence-corrected chi connectivity index (χ4v) is 4.15. The molecule has 0 radical (unpaired) electrons. The van der Waals surface area contributed by atoms with E-state index in [4.69, 9.17) is 17.2 Å². The van der Waals surface area contributed by atoms with Gasteiger partial charge in [-0.05, 0) is 53.8 Å². The van der Waals surface area contributed by atoms with E-state index in [0.717, 1.165) is 16.7 Å². The van der Waals surface area contributed by atoms with Gasteiger partial charge in [-0.25, -0.2) is 0 Å². The number of aliphatic hydroxyl groups is 1. The van der Waals surface area contributed by atoms with E-state index >= 15 is 0 Å². The van der Waals surface area contributed by atoms with Gasteiger partial charge in [0.25, 0.3) is 0 Å². The van der Waals surface area contributed by atoms with Crippen molar-refractivity contribution in [1.82, 2.24) is 16.0 Å². The Kier molecular flexibility index (Phi) is 15.7. The molecule has 0 spiro atoms. The highest BCUT2D eigenvalue weighted by Gasteiger charge is 2.29. The van der Waals surface area contributed by atoms with Crippen LogP contribution in [0.1, 0.15) is 46.2 Å². The Morgan fingerprint density at radius 2 is 1.70 bits per heavy atom.